The molecule has 8 nitrogen and oxygen atoms in total. The number of nitrogens with zero attached hydrogens (tertiary/aromatic N) is 4. The Kier molecular flexibility index (Phi) is 6.18. The summed E-state index contributed by atoms with van der Waals surface area (Å²) in [5, 5.41) is 4.45. The van der Waals surface area contributed by atoms with Crippen LogP contribution >= 0.6 is 0 Å². The summed E-state index contributed by atoms with van der Waals surface area (Å²) in [5.41, 5.74) is 2.34. The van der Waals surface area contributed by atoms with Crippen molar-refractivity contribution < 1.29 is 18.0 Å². The molecule has 1 aromatic heterocycles. The second-order valence-corrected chi connectivity index (χ2v) is 9.65. The topological polar surface area (TPSA) is 92.6 Å². The largest absolute Gasteiger partial charge is 0.333 e. The Hall–Kier alpha value is -2.52. The van der Waals surface area contributed by atoms with Gasteiger partial charge >= 0.3 is 0 Å². The lowest BCUT2D eigenvalue weighted by atomic mass is 10.1. The van der Waals surface area contributed by atoms with Gasteiger partial charge in [0.25, 0.3) is 11.7 Å². The van der Waals surface area contributed by atoms with E-state index in [2.05, 4.69) is 5.10 Å². The van der Waals surface area contributed by atoms with E-state index in [-0.39, 0.29) is 5.75 Å². The Morgan fingerprint density at radius 3 is 2.24 bits per heavy atom. The predicted octanol–water partition coefficient (Wildman–Crippen LogP) is 0.861. The van der Waals surface area contributed by atoms with Gasteiger partial charge in [-0.2, -0.15) is 5.10 Å². The quantitative estimate of drug-likeness (QED) is 0.510. The van der Waals surface area contributed by atoms with Crippen molar-refractivity contribution in [2.75, 3.05) is 44.7 Å². The van der Waals surface area contributed by atoms with Crippen LogP contribution in [-0.4, -0.2) is 84.4 Å². The van der Waals surface area contributed by atoms with E-state index in [1.54, 1.807) is 18.5 Å². The number of ketones is 1. The molecule has 1 aromatic carbocycles. The lowest BCUT2D eigenvalue weighted by Crippen LogP contribution is -2.51. The highest BCUT2D eigenvalue weighted by Crippen LogP contribution is 2.19. The van der Waals surface area contributed by atoms with Gasteiger partial charge in [0.1, 0.15) is 9.84 Å². The van der Waals surface area contributed by atoms with Crippen LogP contribution in [0.3, 0.4) is 0 Å². The van der Waals surface area contributed by atoms with Crippen LogP contribution in [0, 0.1) is 13.8 Å². The summed E-state index contributed by atoms with van der Waals surface area (Å²) in [5.74, 6) is -0.991. The van der Waals surface area contributed by atoms with Crippen LogP contribution in [0.15, 0.2) is 30.3 Å². The van der Waals surface area contributed by atoms with E-state index < -0.39 is 21.5 Å². The first kappa shape index (κ1) is 21.2. The number of rotatable bonds is 6. The molecule has 0 saturated carbocycles. The molecule has 2 heterocycles. The third kappa shape index (κ3) is 4.91. The Balaban J connectivity index is 1.69. The first-order chi connectivity index (χ1) is 13.7. The van der Waals surface area contributed by atoms with E-state index in [1.807, 2.05) is 35.2 Å². The minimum Gasteiger partial charge on any atom is -0.333 e. The van der Waals surface area contributed by atoms with Crippen molar-refractivity contribution >= 4 is 21.5 Å². The van der Waals surface area contributed by atoms with Gasteiger partial charge < -0.3 is 4.90 Å². The third-order valence-corrected chi connectivity index (χ3v) is 6.08. The van der Waals surface area contributed by atoms with Gasteiger partial charge in [0.05, 0.1) is 28.4 Å². The molecule has 0 atom stereocenters. The number of carbonyl (C=O) groups excluding carboxylic acids is 2. The fraction of sp³-hybridized carbons (Fsp3) is 0.450. The monoisotopic (exact) mass is 418 g/mol. The average Bonchev–Trinajstić information content (AvgIpc) is 3.00. The maximum atomic E-state index is 12.9. The molecule has 0 spiro atoms. The molecule has 1 fully saturated rings. The number of carbonyl (C=O) groups is 2. The van der Waals surface area contributed by atoms with Gasteiger partial charge in [-0.15, -0.1) is 0 Å². The summed E-state index contributed by atoms with van der Waals surface area (Å²) in [6.07, 6.45) is 1.21. The van der Waals surface area contributed by atoms with E-state index in [0.717, 1.165) is 5.69 Å². The van der Waals surface area contributed by atoms with Crippen LogP contribution in [0.1, 0.15) is 21.7 Å². The molecule has 156 valence electrons. The van der Waals surface area contributed by atoms with Crippen molar-refractivity contribution in [3.05, 3.63) is 47.3 Å². The number of para-hydroxylation sites is 1. The molecule has 0 unspecified atom stereocenters. The number of aryl methyl sites for hydroxylation is 1. The molecular weight excluding hydrogens is 392 g/mol. The van der Waals surface area contributed by atoms with E-state index in [1.165, 1.54) is 11.2 Å². The van der Waals surface area contributed by atoms with Crippen LogP contribution in [0.4, 0.5) is 0 Å². The van der Waals surface area contributed by atoms with Crippen LogP contribution in [0.5, 0.6) is 0 Å². The lowest BCUT2D eigenvalue weighted by molar-refractivity contribution is -0.128. The third-order valence-electron chi connectivity index (χ3n) is 5.15. The summed E-state index contributed by atoms with van der Waals surface area (Å²) >= 11 is 0. The average molecular weight is 419 g/mol. The molecule has 9 heteroatoms. The Morgan fingerprint density at radius 1 is 1.03 bits per heavy atom. The Bertz CT molecular complexity index is 1010. The zero-order valence-corrected chi connectivity index (χ0v) is 17.8. The van der Waals surface area contributed by atoms with E-state index >= 15 is 0 Å². The van der Waals surface area contributed by atoms with Gasteiger partial charge in [0.2, 0.25) is 0 Å². The number of aromatic nitrogens is 2. The number of benzene rings is 1. The molecule has 0 aliphatic carbocycles. The fourth-order valence-corrected chi connectivity index (χ4v) is 4.10. The highest BCUT2D eigenvalue weighted by Gasteiger charge is 2.30. The number of sulfone groups is 1. The van der Waals surface area contributed by atoms with Crippen molar-refractivity contribution in [3.63, 3.8) is 0 Å². The predicted molar refractivity (Wildman–Crippen MR) is 110 cm³/mol. The second kappa shape index (κ2) is 8.46. The lowest BCUT2D eigenvalue weighted by Gasteiger charge is -2.34. The van der Waals surface area contributed by atoms with Crippen molar-refractivity contribution in [1.29, 1.82) is 0 Å². The van der Waals surface area contributed by atoms with Gasteiger partial charge in [-0.25, -0.2) is 13.1 Å². The van der Waals surface area contributed by atoms with E-state index in [0.29, 0.717) is 49.7 Å². The summed E-state index contributed by atoms with van der Waals surface area (Å²) in [6.45, 7) is 5.87. The zero-order valence-electron chi connectivity index (χ0n) is 17.0. The SMILES string of the molecule is Cc1nn(-c2ccccc2)c(C)c1C(=O)C(=O)N1CCN(CCS(C)(=O)=O)CC1. The van der Waals surface area contributed by atoms with Crippen molar-refractivity contribution in [3.8, 4) is 5.69 Å². The number of Topliss-reactive ketones (excluding diaryl/α,β-unsaturated/α-hetero) is 1. The summed E-state index contributed by atoms with van der Waals surface area (Å²) in [7, 11) is -3.02. The molecular formula is C20H26N4O4S. The molecule has 0 radical (unpaired) electrons. The normalized spacial score (nSPS) is 15.5. The standard InChI is InChI=1S/C20H26N4O4S/c1-15-18(16(2)24(21-15)17-7-5-4-6-8-17)19(25)20(26)23-11-9-22(10-12-23)13-14-29(3,27)28/h4-8H,9-14H2,1-3H3. The number of amides is 1. The van der Waals surface area contributed by atoms with Gasteiger partial charge in [0.15, 0.2) is 0 Å². The molecule has 0 bridgehead atoms. The molecule has 1 saturated heterocycles. The first-order valence-electron chi connectivity index (χ1n) is 9.52. The molecule has 0 N–H and O–H groups in total. The molecule has 1 aliphatic heterocycles. The second-order valence-electron chi connectivity index (χ2n) is 7.39. The van der Waals surface area contributed by atoms with E-state index in [4.69, 9.17) is 0 Å². The van der Waals surface area contributed by atoms with E-state index in [9.17, 15) is 18.0 Å². The molecule has 29 heavy (non-hydrogen) atoms. The van der Waals surface area contributed by atoms with Gasteiger partial charge in [-0.3, -0.25) is 14.5 Å². The van der Waals surface area contributed by atoms with Gasteiger partial charge in [0, 0.05) is 39.0 Å². The molecule has 1 aliphatic rings. The maximum absolute atomic E-state index is 12.9. The van der Waals surface area contributed by atoms with Crippen LogP contribution in [0.2, 0.25) is 0 Å². The maximum Gasteiger partial charge on any atom is 0.295 e. The highest BCUT2D eigenvalue weighted by atomic mass is 32.2. The summed E-state index contributed by atoms with van der Waals surface area (Å²) in [4.78, 5) is 29.3. The fourth-order valence-electron chi connectivity index (χ4n) is 3.51. The number of piperazine rings is 1. The van der Waals surface area contributed by atoms with Crippen molar-refractivity contribution in [1.82, 2.24) is 19.6 Å². The Morgan fingerprint density at radius 2 is 1.66 bits per heavy atom. The van der Waals surface area contributed by atoms with Gasteiger partial charge in [-0.05, 0) is 26.0 Å². The molecule has 3 rings (SSSR count). The summed E-state index contributed by atoms with van der Waals surface area (Å²) in [6, 6.07) is 9.47. The van der Waals surface area contributed by atoms with Crippen LogP contribution in [0.25, 0.3) is 5.69 Å². The van der Waals surface area contributed by atoms with Crippen molar-refractivity contribution in [2.45, 2.75) is 13.8 Å². The Labute approximate surface area is 171 Å². The van der Waals surface area contributed by atoms with Gasteiger partial charge in [-0.1, -0.05) is 18.2 Å². The first-order valence-corrected chi connectivity index (χ1v) is 11.6. The minimum atomic E-state index is -3.02. The molecule has 1 amide bonds. The van der Waals surface area contributed by atoms with Crippen molar-refractivity contribution in [2.24, 2.45) is 0 Å². The number of hydrogen-bond acceptors (Lipinski definition) is 6. The zero-order chi connectivity index (χ0) is 21.2. The van der Waals surface area contributed by atoms with Crippen LogP contribution < -0.4 is 0 Å². The van der Waals surface area contributed by atoms with Crippen LogP contribution in [-0.2, 0) is 14.6 Å². The number of hydrogen-bond donors (Lipinski definition) is 0. The molecule has 2 aromatic rings. The highest BCUT2D eigenvalue weighted by molar-refractivity contribution is 7.90. The smallest absolute Gasteiger partial charge is 0.295 e. The minimum absolute atomic E-state index is 0.0942. The summed E-state index contributed by atoms with van der Waals surface area (Å²) < 4.78 is 24.3.